The van der Waals surface area contributed by atoms with Gasteiger partial charge >= 0.3 is 0 Å². The molecule has 44 heavy (non-hydrogen) atoms. The number of piperidine rings is 1. The second-order valence-electron chi connectivity index (χ2n) is 10.8. The van der Waals surface area contributed by atoms with Crippen LogP contribution in [0.5, 0.6) is 0 Å². The van der Waals surface area contributed by atoms with E-state index < -0.39 is 22.9 Å². The largest absolute Gasteiger partial charge is 0.341 e. The van der Waals surface area contributed by atoms with Crippen molar-refractivity contribution in [2.24, 2.45) is 5.73 Å². The fourth-order valence-corrected chi connectivity index (χ4v) is 5.44. The Morgan fingerprint density at radius 1 is 1.05 bits per heavy atom. The highest BCUT2D eigenvalue weighted by Gasteiger charge is 2.24. The summed E-state index contributed by atoms with van der Waals surface area (Å²) >= 11 is 5.86. The summed E-state index contributed by atoms with van der Waals surface area (Å²) in [5, 5.41) is 3.66. The van der Waals surface area contributed by atoms with E-state index in [1.807, 2.05) is 17.9 Å². The first-order valence-corrected chi connectivity index (χ1v) is 14.5. The van der Waals surface area contributed by atoms with Crippen LogP contribution in [-0.2, 0) is 11.2 Å². The molecule has 0 aliphatic carbocycles. The van der Waals surface area contributed by atoms with Crippen molar-refractivity contribution < 1.29 is 13.6 Å². The molecule has 0 saturated carbocycles. The number of aromatic nitrogens is 4. The van der Waals surface area contributed by atoms with Gasteiger partial charge in [-0.2, -0.15) is 4.98 Å². The Bertz CT molecular complexity index is 1920. The number of nitrogens with zero attached hydrogens (tertiary/aromatic N) is 5. The second kappa shape index (κ2) is 12.1. The number of aryl methyl sites for hydroxylation is 1. The molecule has 1 aliphatic heterocycles. The molecule has 0 spiro atoms. The third-order valence-corrected chi connectivity index (χ3v) is 7.88. The normalized spacial score (nSPS) is 13.8. The number of fused-ring (bicyclic) bond motifs is 1. The number of nitrogens with one attached hydrogen (secondary N) is 1. The molecular weight excluding hydrogens is 588 g/mol. The van der Waals surface area contributed by atoms with Crippen molar-refractivity contribution >= 4 is 40.2 Å². The Labute approximate surface area is 256 Å². The highest BCUT2D eigenvalue weighted by Crippen LogP contribution is 2.34. The minimum absolute atomic E-state index is 0.0445. The number of pyridine rings is 2. The molecule has 1 saturated heterocycles. The van der Waals surface area contributed by atoms with Gasteiger partial charge in [0.25, 0.3) is 5.56 Å². The molecule has 3 aromatic heterocycles. The number of hydrogen-bond donors (Lipinski definition) is 2. The summed E-state index contributed by atoms with van der Waals surface area (Å²) in [4.78, 5) is 41.7. The number of benzene rings is 2. The lowest BCUT2D eigenvalue weighted by molar-refractivity contribution is -0.115. The van der Waals surface area contributed by atoms with Crippen LogP contribution in [0.15, 0.2) is 71.7 Å². The predicted octanol–water partition coefficient (Wildman–Crippen LogP) is 5.19. The highest BCUT2D eigenvalue weighted by atomic mass is 35.5. The Kier molecular flexibility index (Phi) is 8.07. The summed E-state index contributed by atoms with van der Waals surface area (Å²) in [6.07, 6.45) is 3.06. The van der Waals surface area contributed by atoms with E-state index in [-0.39, 0.29) is 24.0 Å². The molecule has 0 unspecified atom stereocenters. The van der Waals surface area contributed by atoms with Gasteiger partial charge in [-0.1, -0.05) is 29.8 Å². The van der Waals surface area contributed by atoms with Crippen LogP contribution in [0.4, 0.5) is 20.4 Å². The van der Waals surface area contributed by atoms with Gasteiger partial charge in [0.2, 0.25) is 11.9 Å². The first-order chi connectivity index (χ1) is 21.2. The van der Waals surface area contributed by atoms with E-state index in [2.05, 4.69) is 10.3 Å². The number of para-hydroxylation sites is 1. The lowest BCUT2D eigenvalue weighted by Gasteiger charge is -2.30. The maximum atomic E-state index is 15.1. The number of carbonyl (C=O) groups is 1. The minimum atomic E-state index is -0.901. The molecule has 0 bridgehead atoms. The molecule has 0 radical (unpaired) electrons. The van der Waals surface area contributed by atoms with Gasteiger partial charge in [-0.3, -0.25) is 14.2 Å². The average molecular weight is 616 g/mol. The molecule has 224 valence electrons. The Morgan fingerprint density at radius 3 is 2.50 bits per heavy atom. The van der Waals surface area contributed by atoms with Gasteiger partial charge in [0.05, 0.1) is 12.1 Å². The first kappa shape index (κ1) is 29.3. The Balaban J connectivity index is 1.49. The van der Waals surface area contributed by atoms with Crippen LogP contribution in [-0.4, -0.2) is 44.6 Å². The molecule has 12 heteroatoms. The van der Waals surface area contributed by atoms with Crippen molar-refractivity contribution in [3.05, 3.63) is 105 Å². The number of rotatable bonds is 6. The topological polar surface area (TPSA) is 119 Å². The maximum Gasteiger partial charge on any atom is 0.256 e. The number of halogens is 3. The van der Waals surface area contributed by atoms with Crippen LogP contribution in [0, 0.1) is 18.6 Å². The van der Waals surface area contributed by atoms with Gasteiger partial charge in [0, 0.05) is 48.0 Å². The van der Waals surface area contributed by atoms with Crippen molar-refractivity contribution in [1.29, 1.82) is 0 Å². The fourth-order valence-electron chi connectivity index (χ4n) is 5.32. The molecule has 4 heterocycles. The van der Waals surface area contributed by atoms with Crippen LogP contribution >= 0.6 is 11.6 Å². The molecule has 0 atom stereocenters. The van der Waals surface area contributed by atoms with Crippen LogP contribution in [0.25, 0.3) is 28.0 Å². The third-order valence-electron chi connectivity index (χ3n) is 7.65. The molecule has 9 nitrogen and oxygen atoms in total. The van der Waals surface area contributed by atoms with Crippen molar-refractivity contribution in [1.82, 2.24) is 19.5 Å². The molecule has 1 amide bonds. The zero-order valence-electron chi connectivity index (χ0n) is 23.7. The summed E-state index contributed by atoms with van der Waals surface area (Å²) in [5.74, 6) is -1.76. The zero-order chi connectivity index (χ0) is 31.0. The van der Waals surface area contributed by atoms with E-state index in [1.165, 1.54) is 12.1 Å². The number of anilines is 2. The average Bonchev–Trinajstić information content (AvgIpc) is 3.00. The number of carbonyl (C=O) groups excluding carboxylic acids is 1. The first-order valence-electron chi connectivity index (χ1n) is 14.1. The van der Waals surface area contributed by atoms with E-state index in [9.17, 15) is 9.59 Å². The van der Waals surface area contributed by atoms with Gasteiger partial charge in [-0.15, -0.1) is 0 Å². The van der Waals surface area contributed by atoms with Crippen LogP contribution in [0.1, 0.15) is 24.0 Å². The molecule has 6 rings (SSSR count). The smallest absolute Gasteiger partial charge is 0.256 e. The van der Waals surface area contributed by atoms with Crippen molar-refractivity contribution in [2.45, 2.75) is 32.2 Å². The summed E-state index contributed by atoms with van der Waals surface area (Å²) in [6, 6.07) is 15.0. The van der Waals surface area contributed by atoms with Gasteiger partial charge in [0.15, 0.2) is 5.65 Å². The number of hydrogen-bond acceptors (Lipinski definition) is 7. The third kappa shape index (κ3) is 5.88. The molecule has 5 aromatic rings. The molecule has 1 aliphatic rings. The molecular formula is C32H28ClF2N7O2. The van der Waals surface area contributed by atoms with Crippen molar-refractivity contribution in [3.8, 4) is 16.9 Å². The number of nitrogens with two attached hydrogens (primary N) is 1. The molecule has 3 N–H and O–H groups in total. The Morgan fingerprint density at radius 2 is 1.80 bits per heavy atom. The van der Waals surface area contributed by atoms with E-state index >= 15 is 8.78 Å². The summed E-state index contributed by atoms with van der Waals surface area (Å²) < 4.78 is 31.1. The van der Waals surface area contributed by atoms with E-state index in [0.717, 1.165) is 22.3 Å². The summed E-state index contributed by atoms with van der Waals surface area (Å²) in [6.45, 7) is 3.04. The second-order valence-corrected chi connectivity index (χ2v) is 11.1. The van der Waals surface area contributed by atoms with Gasteiger partial charge in [-0.05, 0) is 67.3 Å². The predicted molar refractivity (Wildman–Crippen MR) is 166 cm³/mol. The molecule has 1 fully saturated rings. The standard InChI is InChI=1S/C32H28ClF2N7O2/c1-18-5-7-21(38-27(43)15-19-6-9-26(33)37-17-19)16-23(18)29-22-8-10-28(44)42(30-24(34)3-2-4-25(30)35)31(22)40-32(39-29)41-13-11-20(36)12-14-41/h2-10,16-17,20H,11-15,36H2,1H3,(H,38,43). The van der Waals surface area contributed by atoms with Crippen molar-refractivity contribution in [2.75, 3.05) is 23.3 Å². The van der Waals surface area contributed by atoms with Crippen LogP contribution in [0.2, 0.25) is 5.15 Å². The van der Waals surface area contributed by atoms with Crippen LogP contribution < -0.4 is 21.5 Å². The van der Waals surface area contributed by atoms with E-state index in [0.29, 0.717) is 64.9 Å². The maximum absolute atomic E-state index is 15.1. The van der Waals surface area contributed by atoms with Crippen molar-refractivity contribution in [3.63, 3.8) is 0 Å². The highest BCUT2D eigenvalue weighted by molar-refractivity contribution is 6.29. The SMILES string of the molecule is Cc1ccc(NC(=O)Cc2ccc(Cl)nc2)cc1-c1nc(N2CCC(N)CC2)nc2c1ccc(=O)n2-c1c(F)cccc1F. The van der Waals surface area contributed by atoms with E-state index in [4.69, 9.17) is 27.3 Å². The minimum Gasteiger partial charge on any atom is -0.341 e. The number of amides is 1. The Hall–Kier alpha value is -4.74. The lowest BCUT2D eigenvalue weighted by Crippen LogP contribution is -2.40. The molecule has 2 aromatic carbocycles. The van der Waals surface area contributed by atoms with Gasteiger partial charge in [0.1, 0.15) is 22.5 Å². The monoisotopic (exact) mass is 615 g/mol. The quantitative estimate of drug-likeness (QED) is 0.252. The summed E-state index contributed by atoms with van der Waals surface area (Å²) in [5.41, 5.74) is 8.16. The fraction of sp³-hybridized carbons (Fsp3) is 0.219. The van der Waals surface area contributed by atoms with Crippen LogP contribution in [0.3, 0.4) is 0 Å². The van der Waals surface area contributed by atoms with Gasteiger partial charge < -0.3 is 16.0 Å². The van der Waals surface area contributed by atoms with E-state index in [1.54, 1.807) is 36.5 Å². The lowest BCUT2D eigenvalue weighted by atomic mass is 10.0. The van der Waals surface area contributed by atoms with Gasteiger partial charge in [-0.25, -0.2) is 18.7 Å². The zero-order valence-corrected chi connectivity index (χ0v) is 24.5. The summed E-state index contributed by atoms with van der Waals surface area (Å²) in [7, 11) is 0.